The van der Waals surface area contributed by atoms with Crippen LogP contribution in [-0.2, 0) is 11.2 Å². The molecule has 0 aliphatic rings. The van der Waals surface area contributed by atoms with E-state index in [1.54, 1.807) is 12.5 Å². The molecular weight excluding hydrogens is 252 g/mol. The van der Waals surface area contributed by atoms with E-state index in [0.717, 1.165) is 17.7 Å². The van der Waals surface area contributed by atoms with Crippen LogP contribution in [0.1, 0.15) is 24.2 Å². The number of hydrogen-bond acceptors (Lipinski definition) is 3. The van der Waals surface area contributed by atoms with Crippen molar-refractivity contribution < 1.29 is 4.79 Å². The van der Waals surface area contributed by atoms with E-state index in [-0.39, 0.29) is 17.9 Å². The van der Waals surface area contributed by atoms with E-state index >= 15 is 0 Å². The minimum absolute atomic E-state index is 0.0270. The van der Waals surface area contributed by atoms with Crippen molar-refractivity contribution in [3.8, 4) is 0 Å². The second kappa shape index (κ2) is 6.86. The highest BCUT2D eigenvalue weighted by Crippen LogP contribution is 2.18. The van der Waals surface area contributed by atoms with Crippen molar-refractivity contribution in [2.75, 3.05) is 6.54 Å². The monoisotopic (exact) mass is 272 g/mol. The smallest absolute Gasteiger partial charge is 0.224 e. The highest BCUT2D eigenvalue weighted by Gasteiger charge is 2.21. The Bertz CT molecular complexity index is 524. The molecular formula is C15H20N4O. The second-order valence-corrected chi connectivity index (χ2v) is 4.84. The average molecular weight is 272 g/mol. The van der Waals surface area contributed by atoms with Crippen LogP contribution in [0.5, 0.6) is 0 Å². The summed E-state index contributed by atoms with van der Waals surface area (Å²) in [6.07, 6.45) is 4.12. The molecule has 5 nitrogen and oxygen atoms in total. The first-order valence-electron chi connectivity index (χ1n) is 6.74. The Kier molecular flexibility index (Phi) is 4.90. The average Bonchev–Trinajstić information content (AvgIpc) is 2.99. The molecule has 0 radical (unpaired) electrons. The van der Waals surface area contributed by atoms with Gasteiger partial charge in [0.2, 0.25) is 5.91 Å². The Balaban J connectivity index is 1.82. The van der Waals surface area contributed by atoms with Crippen LogP contribution >= 0.6 is 0 Å². The van der Waals surface area contributed by atoms with Crippen molar-refractivity contribution in [2.24, 2.45) is 11.7 Å². The lowest BCUT2D eigenvalue weighted by atomic mass is 9.94. The number of H-pyrrole nitrogens is 1. The number of nitrogens with one attached hydrogen (secondary N) is 2. The molecule has 20 heavy (non-hydrogen) atoms. The Morgan fingerprint density at radius 1 is 1.40 bits per heavy atom. The van der Waals surface area contributed by atoms with Gasteiger partial charge < -0.3 is 16.0 Å². The van der Waals surface area contributed by atoms with Gasteiger partial charge in [0, 0.05) is 30.9 Å². The Morgan fingerprint density at radius 2 is 2.15 bits per heavy atom. The zero-order chi connectivity index (χ0) is 14.4. The van der Waals surface area contributed by atoms with Crippen LogP contribution in [0.3, 0.4) is 0 Å². The summed E-state index contributed by atoms with van der Waals surface area (Å²) in [6.45, 7) is 2.43. The van der Waals surface area contributed by atoms with Gasteiger partial charge in [0.15, 0.2) is 0 Å². The van der Waals surface area contributed by atoms with Crippen LogP contribution in [0, 0.1) is 5.92 Å². The topological polar surface area (TPSA) is 83.8 Å². The summed E-state index contributed by atoms with van der Waals surface area (Å²) in [5.41, 5.74) is 8.11. The van der Waals surface area contributed by atoms with Crippen molar-refractivity contribution in [1.29, 1.82) is 0 Å². The number of carbonyl (C=O) groups is 1. The van der Waals surface area contributed by atoms with Crippen molar-refractivity contribution >= 4 is 5.91 Å². The Morgan fingerprint density at radius 3 is 2.80 bits per heavy atom. The van der Waals surface area contributed by atoms with Gasteiger partial charge >= 0.3 is 0 Å². The molecule has 2 rings (SSSR count). The van der Waals surface area contributed by atoms with Crippen LogP contribution < -0.4 is 11.1 Å². The maximum atomic E-state index is 12.1. The molecule has 0 aliphatic carbocycles. The third-order valence-electron chi connectivity index (χ3n) is 3.39. The van der Waals surface area contributed by atoms with Gasteiger partial charge in [-0.25, -0.2) is 4.98 Å². The Hall–Kier alpha value is -2.14. The molecule has 1 amide bonds. The zero-order valence-electron chi connectivity index (χ0n) is 11.5. The first kappa shape index (κ1) is 14.3. The van der Waals surface area contributed by atoms with Crippen LogP contribution in [0.2, 0.25) is 0 Å². The molecule has 2 unspecified atom stereocenters. The van der Waals surface area contributed by atoms with Gasteiger partial charge in [0.1, 0.15) is 0 Å². The molecule has 0 saturated heterocycles. The summed E-state index contributed by atoms with van der Waals surface area (Å²) in [4.78, 5) is 19.0. The van der Waals surface area contributed by atoms with Crippen molar-refractivity contribution in [1.82, 2.24) is 15.3 Å². The molecule has 1 aromatic carbocycles. The summed E-state index contributed by atoms with van der Waals surface area (Å²) >= 11 is 0. The quantitative estimate of drug-likeness (QED) is 0.743. The number of amides is 1. The molecule has 0 saturated carbocycles. The molecule has 2 atom stereocenters. The maximum Gasteiger partial charge on any atom is 0.224 e. The van der Waals surface area contributed by atoms with Crippen molar-refractivity contribution in [3.63, 3.8) is 0 Å². The first-order valence-corrected chi connectivity index (χ1v) is 6.74. The number of benzene rings is 1. The van der Waals surface area contributed by atoms with Gasteiger partial charge in [-0.1, -0.05) is 37.3 Å². The van der Waals surface area contributed by atoms with E-state index in [1.807, 2.05) is 37.3 Å². The summed E-state index contributed by atoms with van der Waals surface area (Å²) in [7, 11) is 0. The molecule has 106 valence electrons. The van der Waals surface area contributed by atoms with Crippen LogP contribution in [0.15, 0.2) is 42.9 Å². The van der Waals surface area contributed by atoms with Crippen molar-refractivity contribution in [3.05, 3.63) is 54.1 Å². The molecule has 4 N–H and O–H groups in total. The highest BCUT2D eigenvalue weighted by molar-refractivity contribution is 5.79. The van der Waals surface area contributed by atoms with E-state index in [1.165, 1.54) is 0 Å². The molecule has 0 spiro atoms. The van der Waals surface area contributed by atoms with E-state index in [4.69, 9.17) is 5.73 Å². The molecule has 0 aliphatic heterocycles. The van der Waals surface area contributed by atoms with Gasteiger partial charge in [0.25, 0.3) is 0 Å². The third-order valence-corrected chi connectivity index (χ3v) is 3.39. The minimum atomic E-state index is -0.289. The number of nitrogens with two attached hydrogens (primary N) is 1. The van der Waals surface area contributed by atoms with E-state index in [9.17, 15) is 4.79 Å². The number of imidazole rings is 1. The molecule has 5 heteroatoms. The van der Waals surface area contributed by atoms with Gasteiger partial charge in [-0.3, -0.25) is 4.79 Å². The normalized spacial score (nSPS) is 13.7. The number of nitrogens with zero attached hydrogens (tertiary/aromatic N) is 1. The highest BCUT2D eigenvalue weighted by atomic mass is 16.1. The summed E-state index contributed by atoms with van der Waals surface area (Å²) in [5.74, 6) is -0.292. The largest absolute Gasteiger partial charge is 0.355 e. The van der Waals surface area contributed by atoms with E-state index in [2.05, 4.69) is 15.3 Å². The van der Waals surface area contributed by atoms with Crippen LogP contribution in [0.4, 0.5) is 0 Å². The lowest BCUT2D eigenvalue weighted by Crippen LogP contribution is -2.36. The molecule has 0 fully saturated rings. The van der Waals surface area contributed by atoms with Gasteiger partial charge in [-0.15, -0.1) is 0 Å². The minimum Gasteiger partial charge on any atom is -0.355 e. The first-order chi connectivity index (χ1) is 9.68. The predicted molar refractivity (Wildman–Crippen MR) is 77.8 cm³/mol. The number of rotatable bonds is 6. The molecule has 0 bridgehead atoms. The second-order valence-electron chi connectivity index (χ2n) is 4.84. The molecule has 1 aromatic heterocycles. The third kappa shape index (κ3) is 3.68. The lowest BCUT2D eigenvalue weighted by molar-refractivity contribution is -0.125. The zero-order valence-corrected chi connectivity index (χ0v) is 11.5. The number of carbonyl (C=O) groups excluding carboxylic acids is 1. The number of aromatic nitrogens is 2. The van der Waals surface area contributed by atoms with Gasteiger partial charge in [-0.2, -0.15) is 0 Å². The lowest BCUT2D eigenvalue weighted by Gasteiger charge is -2.19. The summed E-state index contributed by atoms with van der Waals surface area (Å²) < 4.78 is 0. The van der Waals surface area contributed by atoms with Crippen molar-refractivity contribution in [2.45, 2.75) is 19.4 Å². The fourth-order valence-electron chi connectivity index (χ4n) is 2.03. The van der Waals surface area contributed by atoms with Gasteiger partial charge in [-0.05, 0) is 5.56 Å². The predicted octanol–water partition coefficient (Wildman–Crippen LogP) is 1.40. The summed E-state index contributed by atoms with van der Waals surface area (Å²) in [5, 5.41) is 2.90. The van der Waals surface area contributed by atoms with Crippen LogP contribution in [-0.4, -0.2) is 22.4 Å². The fourth-order valence-corrected chi connectivity index (χ4v) is 2.03. The van der Waals surface area contributed by atoms with Crippen LogP contribution in [0.25, 0.3) is 0 Å². The maximum absolute atomic E-state index is 12.1. The van der Waals surface area contributed by atoms with E-state index < -0.39 is 0 Å². The number of hydrogen-bond donors (Lipinski definition) is 3. The molecule has 1 heterocycles. The standard InChI is InChI=1S/C15H20N4O/c1-11(14(16)12-5-3-2-4-6-12)15(20)18-8-7-13-9-17-10-19-13/h2-6,9-11,14H,7-8,16H2,1H3,(H,17,19)(H,18,20). The fraction of sp³-hybridized carbons (Fsp3) is 0.333. The summed E-state index contributed by atoms with van der Waals surface area (Å²) in [6, 6.07) is 9.39. The van der Waals surface area contributed by atoms with Gasteiger partial charge in [0.05, 0.1) is 12.2 Å². The molecule has 2 aromatic rings. The van der Waals surface area contributed by atoms with E-state index in [0.29, 0.717) is 6.54 Å². The SMILES string of the molecule is CC(C(=O)NCCc1cnc[nH]1)C(N)c1ccccc1. The number of aromatic amines is 1. The Labute approximate surface area is 118 Å².